The van der Waals surface area contributed by atoms with Crippen LogP contribution in [0.15, 0.2) is 24.3 Å². The van der Waals surface area contributed by atoms with Crippen LogP contribution in [-0.2, 0) is 10.0 Å². The van der Waals surface area contributed by atoms with Crippen molar-refractivity contribution in [1.29, 1.82) is 0 Å². The molecule has 0 aromatic heterocycles. The lowest BCUT2D eigenvalue weighted by molar-refractivity contribution is 0.219. The van der Waals surface area contributed by atoms with Crippen molar-refractivity contribution < 1.29 is 18.0 Å². The lowest BCUT2D eigenvalue weighted by atomic mass is 10.2. The Morgan fingerprint density at radius 3 is 2.50 bits per heavy atom. The van der Waals surface area contributed by atoms with E-state index in [2.05, 4.69) is 5.32 Å². The van der Waals surface area contributed by atoms with E-state index in [0.29, 0.717) is 16.4 Å². The SMILES string of the molecule is CCCCN(C(=O)NC(=O)Nc1cccc(C)c1)S(C)(=O)=O. The van der Waals surface area contributed by atoms with Crippen molar-refractivity contribution in [2.24, 2.45) is 0 Å². The lowest BCUT2D eigenvalue weighted by Gasteiger charge is -2.20. The summed E-state index contributed by atoms with van der Waals surface area (Å²) in [7, 11) is -3.72. The minimum absolute atomic E-state index is 0.0406. The smallest absolute Gasteiger partial charge is 0.308 e. The molecule has 8 heteroatoms. The Morgan fingerprint density at radius 1 is 1.27 bits per heavy atom. The van der Waals surface area contributed by atoms with Gasteiger partial charge in [0, 0.05) is 12.2 Å². The number of urea groups is 2. The number of aryl methyl sites for hydroxylation is 1. The molecule has 0 fully saturated rings. The van der Waals surface area contributed by atoms with Crippen molar-refractivity contribution in [3.8, 4) is 0 Å². The molecule has 4 amide bonds. The maximum Gasteiger partial charge on any atom is 0.339 e. The topological polar surface area (TPSA) is 95.6 Å². The Labute approximate surface area is 130 Å². The summed E-state index contributed by atoms with van der Waals surface area (Å²) in [5.74, 6) is 0. The van der Waals surface area contributed by atoms with Gasteiger partial charge < -0.3 is 5.32 Å². The van der Waals surface area contributed by atoms with Crippen LogP contribution in [0.1, 0.15) is 25.3 Å². The lowest BCUT2D eigenvalue weighted by Crippen LogP contribution is -2.47. The van der Waals surface area contributed by atoms with Crippen LogP contribution < -0.4 is 10.6 Å². The average Bonchev–Trinajstić information content (AvgIpc) is 2.37. The summed E-state index contributed by atoms with van der Waals surface area (Å²) >= 11 is 0. The number of rotatable bonds is 5. The highest BCUT2D eigenvalue weighted by Crippen LogP contribution is 2.09. The fraction of sp³-hybridized carbons (Fsp3) is 0.429. The second kappa shape index (κ2) is 7.79. The van der Waals surface area contributed by atoms with Gasteiger partial charge in [0.1, 0.15) is 0 Å². The van der Waals surface area contributed by atoms with E-state index in [4.69, 9.17) is 0 Å². The molecule has 0 aliphatic heterocycles. The Hall–Kier alpha value is -2.09. The Morgan fingerprint density at radius 2 is 1.95 bits per heavy atom. The first-order valence-corrected chi connectivity index (χ1v) is 8.75. The molecule has 1 aromatic rings. The number of benzene rings is 1. The Kier molecular flexibility index (Phi) is 6.36. The first-order valence-electron chi connectivity index (χ1n) is 6.90. The van der Waals surface area contributed by atoms with E-state index < -0.39 is 22.1 Å². The summed E-state index contributed by atoms with van der Waals surface area (Å²) < 4.78 is 23.9. The van der Waals surface area contributed by atoms with Crippen LogP contribution in [0.25, 0.3) is 0 Å². The summed E-state index contributed by atoms with van der Waals surface area (Å²) in [6.07, 6.45) is 2.19. The van der Waals surface area contributed by atoms with Gasteiger partial charge in [-0.25, -0.2) is 22.3 Å². The van der Waals surface area contributed by atoms with Crippen molar-refractivity contribution in [1.82, 2.24) is 9.62 Å². The van der Waals surface area contributed by atoms with Crippen LogP contribution in [-0.4, -0.2) is 37.6 Å². The molecule has 0 aliphatic carbocycles. The van der Waals surface area contributed by atoms with E-state index in [1.807, 2.05) is 25.2 Å². The number of sulfonamides is 1. The molecule has 1 rings (SSSR count). The zero-order valence-electron chi connectivity index (χ0n) is 12.9. The number of carbonyl (C=O) groups is 2. The standard InChI is InChI=1S/C14H21N3O4S/c1-4-5-9-17(22(3,20)21)14(19)16-13(18)15-12-8-6-7-11(2)10-12/h6-8,10H,4-5,9H2,1-3H3,(H2,15,16,18,19). The molecule has 7 nitrogen and oxygen atoms in total. The maximum absolute atomic E-state index is 11.9. The number of nitrogens with one attached hydrogen (secondary N) is 2. The van der Waals surface area contributed by atoms with Gasteiger partial charge in [0.2, 0.25) is 10.0 Å². The van der Waals surface area contributed by atoms with Crippen molar-refractivity contribution >= 4 is 27.8 Å². The number of carbonyl (C=O) groups excluding carboxylic acids is 2. The van der Waals surface area contributed by atoms with Crippen LogP contribution in [0, 0.1) is 6.92 Å². The minimum Gasteiger partial charge on any atom is -0.308 e. The number of nitrogens with zero attached hydrogens (tertiary/aromatic N) is 1. The van der Waals surface area contributed by atoms with E-state index >= 15 is 0 Å². The largest absolute Gasteiger partial charge is 0.339 e. The molecule has 0 unspecified atom stereocenters. The molecule has 1 aromatic carbocycles. The van der Waals surface area contributed by atoms with E-state index in [9.17, 15) is 18.0 Å². The molecule has 0 bridgehead atoms. The van der Waals surface area contributed by atoms with Crippen LogP contribution in [0.4, 0.5) is 15.3 Å². The van der Waals surface area contributed by atoms with Gasteiger partial charge >= 0.3 is 12.1 Å². The number of imide groups is 1. The number of amides is 4. The van der Waals surface area contributed by atoms with Crippen molar-refractivity contribution in [3.05, 3.63) is 29.8 Å². The molecular weight excluding hydrogens is 306 g/mol. The summed E-state index contributed by atoms with van der Waals surface area (Å²) in [5.41, 5.74) is 1.47. The molecule has 0 saturated carbocycles. The zero-order valence-corrected chi connectivity index (χ0v) is 13.7. The molecule has 0 atom stereocenters. The fourth-order valence-corrected chi connectivity index (χ4v) is 2.57. The second-order valence-corrected chi connectivity index (χ2v) is 6.85. The van der Waals surface area contributed by atoms with Crippen molar-refractivity contribution in [3.63, 3.8) is 0 Å². The van der Waals surface area contributed by atoms with Gasteiger partial charge in [0.05, 0.1) is 6.26 Å². The molecule has 2 N–H and O–H groups in total. The first-order chi connectivity index (χ1) is 10.2. The fourth-order valence-electron chi connectivity index (χ4n) is 1.76. The minimum atomic E-state index is -3.72. The van der Waals surface area contributed by atoms with Gasteiger partial charge in [-0.15, -0.1) is 0 Å². The maximum atomic E-state index is 11.9. The molecule has 0 heterocycles. The number of hydrogen-bond acceptors (Lipinski definition) is 4. The van der Waals surface area contributed by atoms with Crippen molar-refractivity contribution in [2.45, 2.75) is 26.7 Å². The molecular formula is C14H21N3O4S. The van der Waals surface area contributed by atoms with Crippen LogP contribution >= 0.6 is 0 Å². The third-order valence-corrected chi connectivity index (χ3v) is 3.99. The number of hydrogen-bond donors (Lipinski definition) is 2. The van der Waals surface area contributed by atoms with Gasteiger partial charge in [-0.1, -0.05) is 25.5 Å². The van der Waals surface area contributed by atoms with Crippen LogP contribution in [0.5, 0.6) is 0 Å². The van der Waals surface area contributed by atoms with Crippen molar-refractivity contribution in [2.75, 3.05) is 18.1 Å². The highest BCUT2D eigenvalue weighted by Gasteiger charge is 2.24. The van der Waals surface area contributed by atoms with E-state index in [0.717, 1.165) is 18.2 Å². The van der Waals surface area contributed by atoms with E-state index in [1.54, 1.807) is 18.2 Å². The van der Waals surface area contributed by atoms with Gasteiger partial charge in [-0.3, -0.25) is 5.32 Å². The zero-order chi connectivity index (χ0) is 16.8. The van der Waals surface area contributed by atoms with Gasteiger partial charge in [0.15, 0.2) is 0 Å². The molecule has 0 spiro atoms. The van der Waals surface area contributed by atoms with Gasteiger partial charge in [-0.2, -0.15) is 0 Å². The molecule has 0 aliphatic rings. The highest BCUT2D eigenvalue weighted by molar-refractivity contribution is 7.88. The third kappa shape index (κ3) is 5.72. The molecule has 122 valence electrons. The van der Waals surface area contributed by atoms with Crippen LogP contribution in [0.3, 0.4) is 0 Å². The summed E-state index contributed by atoms with van der Waals surface area (Å²) in [6, 6.07) is 5.29. The summed E-state index contributed by atoms with van der Waals surface area (Å²) in [4.78, 5) is 23.7. The average molecular weight is 327 g/mol. The normalized spacial score (nSPS) is 10.9. The predicted molar refractivity (Wildman–Crippen MR) is 85.2 cm³/mol. The van der Waals surface area contributed by atoms with Crippen LogP contribution in [0.2, 0.25) is 0 Å². The third-order valence-electron chi connectivity index (χ3n) is 2.84. The van der Waals surface area contributed by atoms with E-state index in [-0.39, 0.29) is 6.54 Å². The predicted octanol–water partition coefficient (Wildman–Crippen LogP) is 2.30. The first kappa shape index (κ1) is 18.0. The monoisotopic (exact) mass is 327 g/mol. The second-order valence-electron chi connectivity index (χ2n) is 4.94. The summed E-state index contributed by atoms with van der Waals surface area (Å²) in [6.45, 7) is 3.78. The van der Waals surface area contributed by atoms with E-state index in [1.165, 1.54) is 0 Å². The number of anilines is 1. The molecule has 22 heavy (non-hydrogen) atoms. The number of unbranched alkanes of at least 4 members (excludes halogenated alkanes) is 1. The quantitative estimate of drug-likeness (QED) is 0.867. The Balaban J connectivity index is 2.70. The molecule has 0 saturated heterocycles. The van der Waals surface area contributed by atoms with Gasteiger partial charge in [-0.05, 0) is 31.0 Å². The highest BCUT2D eigenvalue weighted by atomic mass is 32.2. The Bertz CT molecular complexity index is 643. The molecule has 0 radical (unpaired) electrons. The van der Waals surface area contributed by atoms with Gasteiger partial charge in [0.25, 0.3) is 0 Å². The summed E-state index contributed by atoms with van der Waals surface area (Å²) in [5, 5.41) is 4.50.